The number of carbonyl (C=O) groups is 1. The molecule has 1 amide bonds. The highest BCUT2D eigenvalue weighted by molar-refractivity contribution is 5.82. The second-order valence-corrected chi connectivity index (χ2v) is 7.58. The molecule has 3 rings (SSSR count). The quantitative estimate of drug-likeness (QED) is 0.663. The molecular formula is C20H32N4O. The van der Waals surface area contributed by atoms with Crippen molar-refractivity contribution in [3.05, 3.63) is 35.9 Å². The zero-order chi connectivity index (χ0) is 17.6. The third-order valence-corrected chi connectivity index (χ3v) is 5.73. The van der Waals surface area contributed by atoms with Crippen molar-refractivity contribution in [1.29, 1.82) is 0 Å². The van der Waals surface area contributed by atoms with E-state index >= 15 is 0 Å². The highest BCUT2D eigenvalue weighted by atomic mass is 16.2. The standard InChI is InChI=1S/C20H32N4O/c1-15-18(16(2)23-22-15)10-6-12-21-20(25)19-11-7-13-24(19)14-17-8-4-3-5-9-17/h3-5,8-9,15-16,18-19,22-23H,6-7,10-14H2,1-2H3,(H,21,25)/t15?,16?,18?,19-/m0/s1. The van der Waals surface area contributed by atoms with E-state index in [0.717, 1.165) is 45.3 Å². The van der Waals surface area contributed by atoms with E-state index in [0.29, 0.717) is 18.0 Å². The second kappa shape index (κ2) is 8.79. The predicted molar refractivity (Wildman–Crippen MR) is 101 cm³/mol. The summed E-state index contributed by atoms with van der Waals surface area (Å²) in [7, 11) is 0. The molecule has 0 saturated carbocycles. The van der Waals surface area contributed by atoms with Gasteiger partial charge in [-0.05, 0) is 57.6 Å². The molecule has 3 N–H and O–H groups in total. The molecule has 2 fully saturated rings. The number of likely N-dealkylation sites (tertiary alicyclic amines) is 1. The van der Waals surface area contributed by atoms with Crippen molar-refractivity contribution in [2.24, 2.45) is 5.92 Å². The van der Waals surface area contributed by atoms with Crippen molar-refractivity contribution >= 4 is 5.91 Å². The third-order valence-electron chi connectivity index (χ3n) is 5.73. The van der Waals surface area contributed by atoms with Gasteiger partial charge in [0, 0.05) is 25.2 Å². The SMILES string of the molecule is CC1NNC(C)C1CCCNC(=O)[C@@H]1CCCN1Cc1ccccc1. The normalized spacial score (nSPS) is 29.8. The van der Waals surface area contributed by atoms with Crippen molar-refractivity contribution in [1.82, 2.24) is 21.1 Å². The van der Waals surface area contributed by atoms with Crippen molar-refractivity contribution < 1.29 is 4.79 Å². The lowest BCUT2D eigenvalue weighted by atomic mass is 9.92. The molecule has 138 valence electrons. The number of nitrogens with zero attached hydrogens (tertiary/aromatic N) is 1. The van der Waals surface area contributed by atoms with E-state index in [1.807, 2.05) is 6.07 Å². The van der Waals surface area contributed by atoms with Crippen LogP contribution in [0.5, 0.6) is 0 Å². The fourth-order valence-corrected chi connectivity index (χ4v) is 4.21. The summed E-state index contributed by atoms with van der Waals surface area (Å²) < 4.78 is 0. The highest BCUT2D eigenvalue weighted by Gasteiger charge is 2.31. The lowest BCUT2D eigenvalue weighted by Gasteiger charge is -2.24. The molecule has 5 heteroatoms. The average molecular weight is 345 g/mol. The maximum absolute atomic E-state index is 12.6. The van der Waals surface area contributed by atoms with Gasteiger partial charge in [-0.25, -0.2) is 0 Å². The van der Waals surface area contributed by atoms with Gasteiger partial charge in [0.2, 0.25) is 5.91 Å². The van der Waals surface area contributed by atoms with Gasteiger partial charge in [-0.1, -0.05) is 30.3 Å². The van der Waals surface area contributed by atoms with E-state index in [9.17, 15) is 4.79 Å². The molecule has 0 bridgehead atoms. The number of hydrazine groups is 1. The van der Waals surface area contributed by atoms with E-state index in [1.54, 1.807) is 0 Å². The Hall–Kier alpha value is -1.43. The van der Waals surface area contributed by atoms with Gasteiger partial charge in [0.05, 0.1) is 6.04 Å². The largest absolute Gasteiger partial charge is 0.355 e. The minimum atomic E-state index is 0.0351. The van der Waals surface area contributed by atoms with Gasteiger partial charge >= 0.3 is 0 Å². The van der Waals surface area contributed by atoms with Crippen LogP contribution in [0.3, 0.4) is 0 Å². The maximum Gasteiger partial charge on any atom is 0.237 e. The summed E-state index contributed by atoms with van der Waals surface area (Å²) in [5.41, 5.74) is 7.88. The van der Waals surface area contributed by atoms with Crippen LogP contribution in [0.25, 0.3) is 0 Å². The molecule has 2 aliphatic rings. The molecule has 25 heavy (non-hydrogen) atoms. The van der Waals surface area contributed by atoms with E-state index in [2.05, 4.69) is 59.2 Å². The van der Waals surface area contributed by atoms with Crippen LogP contribution in [0.1, 0.15) is 45.1 Å². The highest BCUT2D eigenvalue weighted by Crippen LogP contribution is 2.21. The molecule has 5 nitrogen and oxygen atoms in total. The smallest absolute Gasteiger partial charge is 0.237 e. The molecule has 2 heterocycles. The van der Waals surface area contributed by atoms with Crippen LogP contribution in [0.15, 0.2) is 30.3 Å². The maximum atomic E-state index is 12.6. The Bertz CT molecular complexity index is 540. The molecule has 2 unspecified atom stereocenters. The first-order valence-electron chi connectivity index (χ1n) is 9.72. The number of nitrogens with one attached hydrogen (secondary N) is 3. The van der Waals surface area contributed by atoms with Crippen LogP contribution < -0.4 is 16.2 Å². The van der Waals surface area contributed by atoms with Crippen LogP contribution >= 0.6 is 0 Å². The topological polar surface area (TPSA) is 56.4 Å². The first kappa shape index (κ1) is 18.4. The van der Waals surface area contributed by atoms with E-state index in [4.69, 9.17) is 0 Å². The minimum absolute atomic E-state index is 0.0351. The van der Waals surface area contributed by atoms with E-state index in [-0.39, 0.29) is 11.9 Å². The molecule has 1 aromatic rings. The molecule has 0 aliphatic carbocycles. The number of carbonyl (C=O) groups excluding carboxylic acids is 1. The Morgan fingerprint density at radius 2 is 1.92 bits per heavy atom. The monoisotopic (exact) mass is 344 g/mol. The minimum Gasteiger partial charge on any atom is -0.355 e. The van der Waals surface area contributed by atoms with Gasteiger partial charge in [0.15, 0.2) is 0 Å². The zero-order valence-electron chi connectivity index (χ0n) is 15.5. The summed E-state index contributed by atoms with van der Waals surface area (Å²) in [5.74, 6) is 0.843. The molecule has 3 atom stereocenters. The Morgan fingerprint density at radius 3 is 2.64 bits per heavy atom. The van der Waals surface area contributed by atoms with Gasteiger partial charge in [0.1, 0.15) is 0 Å². The summed E-state index contributed by atoms with van der Waals surface area (Å²) in [6.45, 7) is 7.11. The van der Waals surface area contributed by atoms with Gasteiger partial charge in [-0.3, -0.25) is 20.5 Å². The molecular weight excluding hydrogens is 312 g/mol. The first-order valence-corrected chi connectivity index (χ1v) is 9.72. The Kier molecular flexibility index (Phi) is 6.45. The van der Waals surface area contributed by atoms with Gasteiger partial charge in [-0.15, -0.1) is 0 Å². The second-order valence-electron chi connectivity index (χ2n) is 7.58. The molecule has 2 aliphatic heterocycles. The average Bonchev–Trinajstić information content (AvgIpc) is 3.20. The number of amides is 1. The van der Waals surface area contributed by atoms with Crippen molar-refractivity contribution in [2.45, 2.75) is 64.2 Å². The Balaban J connectivity index is 1.41. The van der Waals surface area contributed by atoms with Crippen molar-refractivity contribution in [3.63, 3.8) is 0 Å². The molecule has 0 aromatic heterocycles. The Morgan fingerprint density at radius 1 is 1.20 bits per heavy atom. The summed E-state index contributed by atoms with van der Waals surface area (Å²) in [6, 6.07) is 11.5. The van der Waals surface area contributed by atoms with Gasteiger partial charge in [0.25, 0.3) is 0 Å². The lowest BCUT2D eigenvalue weighted by Crippen LogP contribution is -2.43. The lowest BCUT2D eigenvalue weighted by molar-refractivity contribution is -0.125. The van der Waals surface area contributed by atoms with Crippen LogP contribution in [-0.2, 0) is 11.3 Å². The zero-order valence-corrected chi connectivity index (χ0v) is 15.5. The fourth-order valence-electron chi connectivity index (χ4n) is 4.21. The summed E-state index contributed by atoms with van der Waals surface area (Å²) in [4.78, 5) is 14.9. The van der Waals surface area contributed by atoms with E-state index < -0.39 is 0 Å². The van der Waals surface area contributed by atoms with Crippen LogP contribution in [0.2, 0.25) is 0 Å². The third kappa shape index (κ3) is 4.81. The summed E-state index contributed by atoms with van der Waals surface area (Å²) in [6.07, 6.45) is 4.27. The van der Waals surface area contributed by atoms with Gasteiger partial charge in [-0.2, -0.15) is 0 Å². The van der Waals surface area contributed by atoms with E-state index in [1.165, 1.54) is 5.56 Å². The predicted octanol–water partition coefficient (Wildman–Crippen LogP) is 2.05. The van der Waals surface area contributed by atoms with Crippen molar-refractivity contribution in [2.75, 3.05) is 13.1 Å². The summed E-state index contributed by atoms with van der Waals surface area (Å²) >= 11 is 0. The number of benzene rings is 1. The van der Waals surface area contributed by atoms with Crippen LogP contribution in [-0.4, -0.2) is 42.0 Å². The number of hydrogen-bond donors (Lipinski definition) is 3. The molecule has 2 saturated heterocycles. The van der Waals surface area contributed by atoms with Crippen LogP contribution in [0.4, 0.5) is 0 Å². The first-order chi connectivity index (χ1) is 12.1. The fraction of sp³-hybridized carbons (Fsp3) is 0.650. The Labute approximate surface area is 151 Å². The van der Waals surface area contributed by atoms with Crippen molar-refractivity contribution in [3.8, 4) is 0 Å². The number of rotatable bonds is 7. The summed E-state index contributed by atoms with van der Waals surface area (Å²) in [5, 5.41) is 3.17. The number of hydrogen-bond acceptors (Lipinski definition) is 4. The molecule has 0 spiro atoms. The molecule has 0 radical (unpaired) electrons. The molecule has 1 aromatic carbocycles. The van der Waals surface area contributed by atoms with Crippen LogP contribution in [0, 0.1) is 5.92 Å². The van der Waals surface area contributed by atoms with Gasteiger partial charge < -0.3 is 5.32 Å².